The van der Waals surface area contributed by atoms with E-state index in [9.17, 15) is 0 Å². The van der Waals surface area contributed by atoms with Gasteiger partial charge >= 0.3 is 0 Å². The predicted octanol–water partition coefficient (Wildman–Crippen LogP) is 27.1. The molecule has 0 N–H and O–H groups in total. The molecule has 1 heteroatoms. The van der Waals surface area contributed by atoms with Gasteiger partial charge in [0.25, 0.3) is 0 Å². The first-order valence-electron chi connectivity index (χ1n) is 36.1. The van der Waals surface area contributed by atoms with Gasteiger partial charge in [-0.25, -0.2) is 0 Å². The van der Waals surface area contributed by atoms with Gasteiger partial charge in [-0.15, -0.1) is 0 Å². The molecule has 0 aromatic carbocycles. The first-order valence-corrected chi connectivity index (χ1v) is 36.1. The maximum Gasteiger partial charge on any atom is -0.00187 e. The summed E-state index contributed by atoms with van der Waals surface area (Å²) in [6, 6.07) is 0. The van der Waals surface area contributed by atoms with Crippen LogP contribution < -0.4 is 0 Å². The van der Waals surface area contributed by atoms with Crippen LogP contribution in [0.25, 0.3) is 0 Å². The molecule has 0 unspecified atom stereocenters. The average Bonchev–Trinajstić information content (AvgIpc) is 3.40. The summed E-state index contributed by atoms with van der Waals surface area (Å²) in [4.78, 5) is 2.91. The molecule has 0 aromatic rings. The van der Waals surface area contributed by atoms with Crippen molar-refractivity contribution in [3.63, 3.8) is 0 Å². The molecule has 0 aliphatic carbocycles. The maximum absolute atomic E-state index is 2.91. The molecular weight excluding hydrogens is 879 g/mol. The van der Waals surface area contributed by atoms with Crippen molar-refractivity contribution < 1.29 is 0 Å². The van der Waals surface area contributed by atoms with Crippen molar-refractivity contribution in [2.45, 2.75) is 445 Å². The standard InChI is InChI=1S/C72H147N/c1-4-7-10-13-16-19-22-25-28-31-34-37-40-43-46-49-52-55-58-61-64-67-70-73(71-68-65-62-59-56-53-50-47-44-41-38-35-32-29-26-23-20-17-14-11-8-5-2)72-69-66-63-60-57-54-51-48-45-42-39-36-33-30-27-24-21-18-15-12-9-6-3/h4-72H2,1-3H3. The molecule has 0 bridgehead atoms. The van der Waals surface area contributed by atoms with E-state index in [1.165, 1.54) is 443 Å². The normalized spacial score (nSPS) is 11.8. The van der Waals surface area contributed by atoms with Crippen molar-refractivity contribution in [1.29, 1.82) is 0 Å². The summed E-state index contributed by atoms with van der Waals surface area (Å²) in [7, 11) is 0. The van der Waals surface area contributed by atoms with Gasteiger partial charge in [0.05, 0.1) is 0 Å². The summed E-state index contributed by atoms with van der Waals surface area (Å²) in [5, 5.41) is 0. The Labute approximate surface area is 466 Å². The lowest BCUT2D eigenvalue weighted by Crippen LogP contribution is -2.27. The van der Waals surface area contributed by atoms with Crippen molar-refractivity contribution in [1.82, 2.24) is 4.90 Å². The molecule has 0 fully saturated rings. The fraction of sp³-hybridized carbons (Fsp3) is 1.00. The molecule has 0 rings (SSSR count). The van der Waals surface area contributed by atoms with Crippen LogP contribution in [0.4, 0.5) is 0 Å². The highest BCUT2D eigenvalue weighted by molar-refractivity contribution is 4.62. The summed E-state index contributed by atoms with van der Waals surface area (Å²) in [6.45, 7) is 11.1. The van der Waals surface area contributed by atoms with Gasteiger partial charge < -0.3 is 4.90 Å². The summed E-state index contributed by atoms with van der Waals surface area (Å²) in [5.74, 6) is 0. The van der Waals surface area contributed by atoms with E-state index >= 15 is 0 Å². The maximum atomic E-state index is 2.91. The Morgan fingerprint density at radius 1 is 0.110 bits per heavy atom. The van der Waals surface area contributed by atoms with E-state index in [2.05, 4.69) is 25.7 Å². The van der Waals surface area contributed by atoms with Gasteiger partial charge in [0.2, 0.25) is 0 Å². The lowest BCUT2D eigenvalue weighted by molar-refractivity contribution is 0.254. The van der Waals surface area contributed by atoms with Gasteiger partial charge in [-0.1, -0.05) is 425 Å². The molecule has 0 saturated heterocycles. The number of nitrogens with zero attached hydrogens (tertiary/aromatic N) is 1. The molecule has 1 nitrogen and oxygen atoms in total. The Balaban J connectivity index is 3.98. The van der Waals surface area contributed by atoms with Crippen LogP contribution in [0.3, 0.4) is 0 Å². The minimum Gasteiger partial charge on any atom is -0.303 e. The lowest BCUT2D eigenvalue weighted by atomic mass is 10.0. The number of rotatable bonds is 69. The summed E-state index contributed by atoms with van der Waals surface area (Å²) < 4.78 is 0. The van der Waals surface area contributed by atoms with Crippen LogP contribution in [0, 0.1) is 0 Å². The van der Waals surface area contributed by atoms with Gasteiger partial charge in [-0.2, -0.15) is 0 Å². The van der Waals surface area contributed by atoms with E-state index < -0.39 is 0 Å². The van der Waals surface area contributed by atoms with Gasteiger partial charge in [0, 0.05) is 0 Å². The zero-order chi connectivity index (χ0) is 52.4. The highest BCUT2D eigenvalue weighted by Crippen LogP contribution is 2.20. The van der Waals surface area contributed by atoms with E-state index in [1.807, 2.05) is 0 Å². The molecule has 0 saturated carbocycles. The minimum absolute atomic E-state index is 1.37. The van der Waals surface area contributed by atoms with E-state index in [1.54, 1.807) is 0 Å². The molecule has 0 aliphatic rings. The molecule has 0 atom stereocenters. The fourth-order valence-electron chi connectivity index (χ4n) is 12.2. The van der Waals surface area contributed by atoms with Crippen LogP contribution in [0.2, 0.25) is 0 Å². The first-order chi connectivity index (χ1) is 36.3. The Morgan fingerprint density at radius 3 is 0.288 bits per heavy atom. The molecule has 0 heterocycles. The van der Waals surface area contributed by atoms with Crippen molar-refractivity contribution in [3.05, 3.63) is 0 Å². The van der Waals surface area contributed by atoms with Gasteiger partial charge in [0.1, 0.15) is 0 Å². The average molecular weight is 1030 g/mol. The Bertz CT molecular complexity index is 782. The van der Waals surface area contributed by atoms with E-state index in [0.717, 1.165) is 0 Å². The molecule has 73 heavy (non-hydrogen) atoms. The summed E-state index contributed by atoms with van der Waals surface area (Å²) >= 11 is 0. The third-order valence-electron chi connectivity index (χ3n) is 17.5. The third-order valence-corrected chi connectivity index (χ3v) is 17.5. The molecular formula is C72H147N. The van der Waals surface area contributed by atoms with E-state index in [0.29, 0.717) is 0 Å². The monoisotopic (exact) mass is 1030 g/mol. The lowest BCUT2D eigenvalue weighted by Gasteiger charge is -2.22. The molecule has 0 spiro atoms. The van der Waals surface area contributed by atoms with Crippen LogP contribution in [0.5, 0.6) is 0 Å². The van der Waals surface area contributed by atoms with Crippen molar-refractivity contribution in [2.75, 3.05) is 19.6 Å². The second-order valence-electron chi connectivity index (χ2n) is 25.1. The van der Waals surface area contributed by atoms with Gasteiger partial charge in [-0.05, 0) is 38.9 Å². The van der Waals surface area contributed by atoms with Crippen LogP contribution in [-0.4, -0.2) is 24.5 Å². The van der Waals surface area contributed by atoms with Crippen LogP contribution >= 0.6 is 0 Å². The van der Waals surface area contributed by atoms with E-state index in [-0.39, 0.29) is 0 Å². The second kappa shape index (κ2) is 70.0. The first kappa shape index (κ1) is 73.0. The number of hydrogen-bond donors (Lipinski definition) is 0. The molecule has 0 aromatic heterocycles. The Kier molecular flexibility index (Phi) is 69.9. The molecule has 440 valence electrons. The topological polar surface area (TPSA) is 3.24 Å². The van der Waals surface area contributed by atoms with Crippen LogP contribution in [-0.2, 0) is 0 Å². The highest BCUT2D eigenvalue weighted by Gasteiger charge is 2.06. The SMILES string of the molecule is CCCCCCCCCCCCCCCCCCCCCCCCN(CCCCCCCCCCCCCCCCCCCCCCCC)CCCCCCCCCCCCCCCCCCCCCCCC. The minimum atomic E-state index is 1.37. The smallest absolute Gasteiger partial charge is 0.00187 e. The van der Waals surface area contributed by atoms with Gasteiger partial charge in [0.15, 0.2) is 0 Å². The largest absolute Gasteiger partial charge is 0.303 e. The van der Waals surface area contributed by atoms with Crippen molar-refractivity contribution >= 4 is 0 Å². The molecule has 0 radical (unpaired) electrons. The van der Waals surface area contributed by atoms with Crippen LogP contribution in [0.1, 0.15) is 445 Å². The number of hydrogen-bond acceptors (Lipinski definition) is 1. The van der Waals surface area contributed by atoms with Gasteiger partial charge in [-0.3, -0.25) is 0 Å². The molecule has 0 aliphatic heterocycles. The van der Waals surface area contributed by atoms with Crippen molar-refractivity contribution in [3.8, 4) is 0 Å². The zero-order valence-corrected chi connectivity index (χ0v) is 52.2. The zero-order valence-electron chi connectivity index (χ0n) is 52.2. The number of unbranched alkanes of at least 4 members (excludes halogenated alkanes) is 63. The third kappa shape index (κ3) is 68.0. The van der Waals surface area contributed by atoms with Crippen LogP contribution in [0.15, 0.2) is 0 Å². The van der Waals surface area contributed by atoms with E-state index in [4.69, 9.17) is 0 Å². The highest BCUT2D eigenvalue weighted by atomic mass is 15.1. The Morgan fingerprint density at radius 2 is 0.192 bits per heavy atom. The van der Waals surface area contributed by atoms with Crippen molar-refractivity contribution in [2.24, 2.45) is 0 Å². The second-order valence-corrected chi connectivity index (χ2v) is 25.1. The fourth-order valence-corrected chi connectivity index (χ4v) is 12.2. The summed E-state index contributed by atoms with van der Waals surface area (Å²) in [5.41, 5.74) is 0. The molecule has 0 amide bonds. The quantitative estimate of drug-likeness (QED) is 0.0549. The Hall–Kier alpha value is -0.0400. The predicted molar refractivity (Wildman–Crippen MR) is 338 cm³/mol. The summed E-state index contributed by atoms with van der Waals surface area (Å²) in [6.07, 6.45) is 97.5.